The van der Waals surface area contributed by atoms with E-state index >= 15 is 26.3 Å². The van der Waals surface area contributed by atoms with E-state index in [9.17, 15) is 0 Å². The van der Waals surface area contributed by atoms with E-state index in [1.165, 1.54) is 12.1 Å². The molecule has 10 heteroatoms. The number of aromatic nitrogens is 2. The molecule has 4 aromatic heterocycles. The first-order valence-corrected chi connectivity index (χ1v) is 27.3. The molecule has 2 aliphatic rings. The number of fused-ring (bicyclic) bond motifs is 14. The third-order valence-corrected chi connectivity index (χ3v) is 17.4. The van der Waals surface area contributed by atoms with Crippen molar-refractivity contribution in [2.24, 2.45) is 0 Å². The van der Waals surface area contributed by atoms with Crippen molar-refractivity contribution in [1.29, 1.82) is 0 Å². The predicted molar refractivity (Wildman–Crippen MR) is 302 cm³/mol. The summed E-state index contributed by atoms with van der Waals surface area (Å²) in [5, 5.41) is 6.90. The maximum atomic E-state index is 16.4. The van der Waals surface area contributed by atoms with Gasteiger partial charge in [-0.3, -0.25) is 0 Å². The molecule has 0 aliphatic heterocycles. The van der Waals surface area contributed by atoms with E-state index < -0.39 is 29.4 Å². The molecule has 13 aromatic rings. The molecule has 4 nitrogen and oxygen atoms in total. The van der Waals surface area contributed by atoms with Crippen LogP contribution in [0.4, 0.5) is 26.3 Å². The minimum atomic E-state index is -4.85. The van der Waals surface area contributed by atoms with E-state index in [4.69, 9.17) is 8.83 Å². The summed E-state index contributed by atoms with van der Waals surface area (Å²) in [6, 6.07) is 51.5. The number of furan rings is 2. The van der Waals surface area contributed by atoms with E-state index in [0.29, 0.717) is 92.7 Å². The highest BCUT2D eigenvalue weighted by Gasteiger charge is 2.43. The second-order valence-corrected chi connectivity index (χ2v) is 21.6. The summed E-state index contributed by atoms with van der Waals surface area (Å²) in [5.41, 5.74) is 6.32. The van der Waals surface area contributed by atoms with Crippen molar-refractivity contribution in [2.75, 3.05) is 0 Å². The number of hydrogen-bond acceptors (Lipinski definition) is 2. The van der Waals surface area contributed by atoms with E-state index in [2.05, 4.69) is 45.5 Å². The van der Waals surface area contributed by atoms with Gasteiger partial charge in [-0.1, -0.05) is 160 Å². The lowest BCUT2D eigenvalue weighted by atomic mass is 9.71. The lowest BCUT2D eigenvalue weighted by molar-refractivity contribution is -0.137. The van der Waals surface area contributed by atoms with Gasteiger partial charge in [-0.2, -0.15) is 26.3 Å². The third kappa shape index (κ3) is 7.00. The maximum absolute atomic E-state index is 16.4. The second kappa shape index (κ2) is 17.6. The molecule has 15 rings (SSSR count). The van der Waals surface area contributed by atoms with Gasteiger partial charge in [0.1, 0.15) is 11.2 Å². The van der Waals surface area contributed by atoms with Crippen LogP contribution in [0.25, 0.3) is 121 Å². The van der Waals surface area contributed by atoms with E-state index in [1.807, 2.05) is 84.9 Å². The molecule has 9 aromatic carbocycles. The SMILES string of the molecule is FC(F)(F)c1ccccc1-c1c(C2CCCCC2)c(-c2ccccc2C(F)(F)F)c(-n2c3ccccc3c3ccc4c5ccccc5oc4c32)c(C2CCCCC2)c1-n1c2ccccc2c2ccc3c4ccccc4oc3c21. The number of hydrogen-bond donors (Lipinski definition) is 0. The molecule has 0 N–H and O–H groups in total. The molecule has 0 saturated heterocycles. The van der Waals surface area contributed by atoms with Gasteiger partial charge < -0.3 is 18.0 Å². The van der Waals surface area contributed by atoms with Crippen molar-refractivity contribution in [2.45, 2.75) is 88.4 Å². The van der Waals surface area contributed by atoms with Crippen LogP contribution in [-0.4, -0.2) is 9.13 Å². The quantitative estimate of drug-likeness (QED) is 0.156. The summed E-state index contributed by atoms with van der Waals surface area (Å²) >= 11 is 0. The van der Waals surface area contributed by atoms with E-state index in [-0.39, 0.29) is 17.0 Å². The highest BCUT2D eigenvalue weighted by molar-refractivity contribution is 6.24. The van der Waals surface area contributed by atoms with Gasteiger partial charge in [0.05, 0.1) is 44.6 Å². The molecule has 4 heterocycles. The fourth-order valence-corrected chi connectivity index (χ4v) is 14.2. The van der Waals surface area contributed by atoms with Gasteiger partial charge in [0.2, 0.25) is 0 Å². The number of alkyl halides is 6. The Labute approximate surface area is 444 Å². The first kappa shape index (κ1) is 47.0. The average Bonchev–Trinajstić information content (AvgIpc) is 3.95. The molecular formula is C68H50F6N2O2. The van der Waals surface area contributed by atoms with E-state index in [0.717, 1.165) is 105 Å². The number of nitrogens with zero attached hydrogens (tertiary/aromatic N) is 2. The Kier molecular flexibility index (Phi) is 10.6. The van der Waals surface area contributed by atoms with Crippen LogP contribution in [0.1, 0.15) is 98.3 Å². The fourth-order valence-electron chi connectivity index (χ4n) is 14.2. The van der Waals surface area contributed by atoms with Crippen LogP contribution in [0.3, 0.4) is 0 Å². The summed E-state index contributed by atoms with van der Waals surface area (Å²) in [5.74, 6) is -0.794. The van der Waals surface area contributed by atoms with Gasteiger partial charge in [-0.05, 0) is 103 Å². The summed E-state index contributed by atoms with van der Waals surface area (Å²) < 4.78 is 117. The van der Waals surface area contributed by atoms with Crippen LogP contribution in [0.15, 0.2) is 179 Å². The van der Waals surface area contributed by atoms with E-state index in [1.54, 1.807) is 24.3 Å². The van der Waals surface area contributed by atoms with Gasteiger partial charge in [0.25, 0.3) is 0 Å². The zero-order chi connectivity index (χ0) is 52.6. The minimum absolute atomic E-state index is 0.0699. The van der Waals surface area contributed by atoms with Crippen molar-refractivity contribution in [3.8, 4) is 33.6 Å². The molecular weight excluding hydrogens is 991 g/mol. The topological polar surface area (TPSA) is 36.1 Å². The lowest BCUT2D eigenvalue weighted by Gasteiger charge is -2.37. The minimum Gasteiger partial charge on any atom is -0.454 e. The van der Waals surface area contributed by atoms with Crippen molar-refractivity contribution in [3.63, 3.8) is 0 Å². The molecule has 386 valence electrons. The molecule has 0 amide bonds. The summed E-state index contributed by atoms with van der Waals surface area (Å²) in [6.07, 6.45) is -2.29. The first-order valence-electron chi connectivity index (χ1n) is 27.3. The molecule has 0 spiro atoms. The van der Waals surface area contributed by atoms with Crippen LogP contribution in [0, 0.1) is 0 Å². The summed E-state index contributed by atoms with van der Waals surface area (Å²) in [6.45, 7) is 0. The Morgan fingerprint density at radius 2 is 0.705 bits per heavy atom. The Morgan fingerprint density at radius 3 is 1.14 bits per heavy atom. The van der Waals surface area contributed by atoms with Crippen molar-refractivity contribution < 1.29 is 35.2 Å². The predicted octanol–water partition coefficient (Wildman–Crippen LogP) is 21.1. The standard InChI is InChI=1S/C68H50F6N2O2/c69-67(70,71)51-29-13-7-27-49(51)59-57(39-19-3-1-4-20-39)60(50-28-8-14-30-52(50)68(72,73)74)64(76-54-32-16-10-24-42(54)46-36-38-48-44-26-12-18-34-56(44)78-66(48)62(46)76)58(40-21-5-2-6-22-40)63(59)75-53-31-15-9-23-41(53)45-35-37-47-43-25-11-17-33-55(43)77-65(47)61(45)75/h7-18,23-40H,1-6,19-22H2. The highest BCUT2D eigenvalue weighted by Crippen LogP contribution is 2.59. The Hall–Kier alpha value is -8.24. The van der Waals surface area contributed by atoms with Gasteiger partial charge in [-0.15, -0.1) is 0 Å². The molecule has 0 atom stereocenters. The Balaban J connectivity index is 1.30. The number of halogens is 6. The van der Waals surface area contributed by atoms with Crippen molar-refractivity contribution >= 4 is 87.5 Å². The highest BCUT2D eigenvalue weighted by atomic mass is 19.4. The molecule has 2 aliphatic carbocycles. The van der Waals surface area contributed by atoms with Crippen LogP contribution >= 0.6 is 0 Å². The molecule has 2 saturated carbocycles. The molecule has 0 unspecified atom stereocenters. The zero-order valence-electron chi connectivity index (χ0n) is 42.4. The smallest absolute Gasteiger partial charge is 0.417 e. The second-order valence-electron chi connectivity index (χ2n) is 21.6. The number of benzene rings is 9. The fraction of sp³-hybridized carbons (Fsp3) is 0.206. The zero-order valence-corrected chi connectivity index (χ0v) is 42.4. The van der Waals surface area contributed by atoms with Crippen LogP contribution < -0.4 is 0 Å². The third-order valence-electron chi connectivity index (χ3n) is 17.4. The van der Waals surface area contributed by atoms with Crippen molar-refractivity contribution in [3.05, 3.63) is 192 Å². The van der Waals surface area contributed by atoms with Crippen molar-refractivity contribution in [1.82, 2.24) is 9.13 Å². The lowest BCUT2D eigenvalue weighted by Crippen LogP contribution is -2.21. The Morgan fingerprint density at radius 1 is 0.346 bits per heavy atom. The molecule has 2 fully saturated rings. The molecule has 0 radical (unpaired) electrons. The van der Waals surface area contributed by atoms with Crippen LogP contribution in [0.2, 0.25) is 0 Å². The van der Waals surface area contributed by atoms with Gasteiger partial charge in [-0.25, -0.2) is 0 Å². The molecule has 78 heavy (non-hydrogen) atoms. The largest absolute Gasteiger partial charge is 0.454 e. The van der Waals surface area contributed by atoms with Gasteiger partial charge in [0, 0.05) is 59.8 Å². The van der Waals surface area contributed by atoms with Crippen LogP contribution in [0.5, 0.6) is 0 Å². The van der Waals surface area contributed by atoms with Gasteiger partial charge >= 0.3 is 12.4 Å². The van der Waals surface area contributed by atoms with Gasteiger partial charge in [0.15, 0.2) is 11.2 Å². The first-order chi connectivity index (χ1) is 38.0. The average molecular weight is 1040 g/mol. The number of rotatable bonds is 6. The maximum Gasteiger partial charge on any atom is 0.417 e. The number of para-hydroxylation sites is 4. The normalized spacial score (nSPS) is 15.5. The molecule has 0 bridgehead atoms. The van der Waals surface area contributed by atoms with Crippen LogP contribution in [-0.2, 0) is 12.4 Å². The Bertz CT molecular complexity index is 4300. The monoisotopic (exact) mass is 1040 g/mol. The summed E-state index contributed by atoms with van der Waals surface area (Å²) in [4.78, 5) is 0. The summed E-state index contributed by atoms with van der Waals surface area (Å²) in [7, 11) is 0.